The zero-order valence-corrected chi connectivity index (χ0v) is 9.73. The van der Waals surface area contributed by atoms with Crippen molar-refractivity contribution in [2.24, 2.45) is 5.92 Å². The van der Waals surface area contributed by atoms with E-state index >= 15 is 0 Å². The maximum absolute atomic E-state index is 10.3. The number of carboxylic acids is 1. The van der Waals surface area contributed by atoms with Crippen LogP contribution in [0.4, 0.5) is 0 Å². The molecule has 0 bridgehead atoms. The molecule has 0 radical (unpaired) electrons. The summed E-state index contributed by atoms with van der Waals surface area (Å²) in [6.45, 7) is 8.70. The standard InChI is InChI=1S/C10H20O2S/c1-7(2)9(4)13-8(3)5-6-10(11)12/h7-9H,5-6H2,1-4H3,(H,11,12). The Morgan fingerprint density at radius 3 is 2.23 bits per heavy atom. The Hall–Kier alpha value is -0.180. The van der Waals surface area contributed by atoms with Gasteiger partial charge in [0.1, 0.15) is 0 Å². The fourth-order valence-electron chi connectivity index (χ4n) is 0.918. The second-order valence-electron chi connectivity index (χ2n) is 3.83. The molecule has 78 valence electrons. The second-order valence-corrected chi connectivity index (χ2v) is 5.65. The lowest BCUT2D eigenvalue weighted by Gasteiger charge is -2.19. The highest BCUT2D eigenvalue weighted by molar-refractivity contribution is 8.00. The second kappa shape index (κ2) is 6.30. The van der Waals surface area contributed by atoms with E-state index in [4.69, 9.17) is 5.11 Å². The van der Waals surface area contributed by atoms with E-state index in [0.717, 1.165) is 6.42 Å². The summed E-state index contributed by atoms with van der Waals surface area (Å²) >= 11 is 1.89. The zero-order valence-electron chi connectivity index (χ0n) is 8.91. The van der Waals surface area contributed by atoms with Gasteiger partial charge >= 0.3 is 5.97 Å². The van der Waals surface area contributed by atoms with Crippen LogP contribution in [0.15, 0.2) is 0 Å². The summed E-state index contributed by atoms with van der Waals surface area (Å²) < 4.78 is 0. The van der Waals surface area contributed by atoms with Crippen LogP contribution in [0.3, 0.4) is 0 Å². The maximum Gasteiger partial charge on any atom is 0.303 e. The number of hydrogen-bond acceptors (Lipinski definition) is 2. The highest BCUT2D eigenvalue weighted by Crippen LogP contribution is 2.25. The zero-order chi connectivity index (χ0) is 10.4. The molecule has 0 saturated heterocycles. The van der Waals surface area contributed by atoms with Gasteiger partial charge in [0.05, 0.1) is 0 Å². The molecule has 0 fully saturated rings. The smallest absolute Gasteiger partial charge is 0.303 e. The first kappa shape index (κ1) is 12.8. The van der Waals surface area contributed by atoms with E-state index in [1.54, 1.807) is 0 Å². The van der Waals surface area contributed by atoms with Gasteiger partial charge in [-0.1, -0.05) is 27.7 Å². The first-order chi connectivity index (χ1) is 5.93. The molecule has 0 aromatic rings. The van der Waals surface area contributed by atoms with Crippen LogP contribution in [-0.2, 0) is 4.79 Å². The highest BCUT2D eigenvalue weighted by Gasteiger charge is 2.13. The van der Waals surface area contributed by atoms with Crippen molar-refractivity contribution in [3.63, 3.8) is 0 Å². The number of hydrogen-bond donors (Lipinski definition) is 1. The van der Waals surface area contributed by atoms with Gasteiger partial charge in [-0.2, -0.15) is 11.8 Å². The van der Waals surface area contributed by atoms with Gasteiger partial charge in [-0.05, 0) is 12.3 Å². The third kappa shape index (κ3) is 6.94. The number of thioether (sulfide) groups is 1. The summed E-state index contributed by atoms with van der Waals surface area (Å²) in [7, 11) is 0. The Balaban J connectivity index is 3.61. The monoisotopic (exact) mass is 204 g/mol. The predicted octanol–water partition coefficient (Wildman–Crippen LogP) is 3.02. The predicted molar refractivity (Wildman–Crippen MR) is 58.2 cm³/mol. The van der Waals surface area contributed by atoms with Crippen LogP contribution in [0.25, 0.3) is 0 Å². The first-order valence-electron chi connectivity index (χ1n) is 4.80. The Morgan fingerprint density at radius 1 is 1.31 bits per heavy atom. The molecule has 3 heteroatoms. The van der Waals surface area contributed by atoms with Gasteiger partial charge in [0, 0.05) is 16.9 Å². The molecule has 2 unspecified atom stereocenters. The molecule has 13 heavy (non-hydrogen) atoms. The molecule has 1 N–H and O–H groups in total. The van der Waals surface area contributed by atoms with Crippen molar-refractivity contribution >= 4 is 17.7 Å². The van der Waals surface area contributed by atoms with Crippen molar-refractivity contribution in [3.05, 3.63) is 0 Å². The molecular formula is C10H20O2S. The summed E-state index contributed by atoms with van der Waals surface area (Å²) in [5, 5.41) is 9.56. The SMILES string of the molecule is CC(CCC(=O)O)SC(C)C(C)C. The van der Waals surface area contributed by atoms with E-state index < -0.39 is 5.97 Å². The average Bonchev–Trinajstić information content (AvgIpc) is 2.00. The van der Waals surface area contributed by atoms with Crippen molar-refractivity contribution < 1.29 is 9.90 Å². The van der Waals surface area contributed by atoms with Crippen LogP contribution in [0.5, 0.6) is 0 Å². The Kier molecular flexibility index (Phi) is 6.21. The van der Waals surface area contributed by atoms with Gasteiger partial charge in [-0.15, -0.1) is 0 Å². The third-order valence-corrected chi connectivity index (χ3v) is 3.82. The van der Waals surface area contributed by atoms with Crippen LogP contribution in [0.1, 0.15) is 40.5 Å². The minimum Gasteiger partial charge on any atom is -0.481 e. The molecule has 2 atom stereocenters. The van der Waals surface area contributed by atoms with E-state index in [1.807, 2.05) is 11.8 Å². The van der Waals surface area contributed by atoms with Crippen LogP contribution in [0.2, 0.25) is 0 Å². The van der Waals surface area contributed by atoms with E-state index in [9.17, 15) is 4.79 Å². The summed E-state index contributed by atoms with van der Waals surface area (Å²) in [4.78, 5) is 10.3. The van der Waals surface area contributed by atoms with Crippen molar-refractivity contribution in [3.8, 4) is 0 Å². The Bertz CT molecular complexity index is 157. The largest absolute Gasteiger partial charge is 0.481 e. The highest BCUT2D eigenvalue weighted by atomic mass is 32.2. The van der Waals surface area contributed by atoms with Crippen LogP contribution >= 0.6 is 11.8 Å². The van der Waals surface area contributed by atoms with E-state index in [0.29, 0.717) is 22.8 Å². The average molecular weight is 204 g/mol. The van der Waals surface area contributed by atoms with Gasteiger partial charge in [0.2, 0.25) is 0 Å². The molecule has 0 aromatic heterocycles. The molecule has 0 heterocycles. The summed E-state index contributed by atoms with van der Waals surface area (Å²) in [6.07, 6.45) is 1.07. The topological polar surface area (TPSA) is 37.3 Å². The number of carbonyl (C=O) groups is 1. The fourth-order valence-corrected chi connectivity index (χ4v) is 2.22. The van der Waals surface area contributed by atoms with Gasteiger partial charge < -0.3 is 5.11 Å². The lowest BCUT2D eigenvalue weighted by atomic mass is 10.2. The molecule has 2 nitrogen and oxygen atoms in total. The lowest BCUT2D eigenvalue weighted by molar-refractivity contribution is -0.137. The van der Waals surface area contributed by atoms with Crippen LogP contribution in [-0.4, -0.2) is 21.6 Å². The minimum absolute atomic E-state index is 0.291. The van der Waals surface area contributed by atoms with Crippen LogP contribution < -0.4 is 0 Å². The molecule has 0 spiro atoms. The Labute approximate surface area is 85.1 Å². The van der Waals surface area contributed by atoms with E-state index in [1.165, 1.54) is 0 Å². The summed E-state index contributed by atoms with van der Waals surface area (Å²) in [5.74, 6) is -0.0260. The van der Waals surface area contributed by atoms with Gasteiger partial charge in [-0.3, -0.25) is 4.79 Å². The number of carboxylic acid groups (broad SMARTS) is 1. The van der Waals surface area contributed by atoms with Gasteiger partial charge in [0.25, 0.3) is 0 Å². The number of aliphatic carboxylic acids is 1. The first-order valence-corrected chi connectivity index (χ1v) is 5.75. The molecule has 0 rings (SSSR count). The van der Waals surface area contributed by atoms with Crippen LogP contribution in [0, 0.1) is 5.92 Å². The normalized spacial score (nSPS) is 15.8. The van der Waals surface area contributed by atoms with Gasteiger partial charge in [0.15, 0.2) is 0 Å². The van der Waals surface area contributed by atoms with Crippen molar-refractivity contribution in [1.82, 2.24) is 0 Å². The molecule has 0 amide bonds. The molecular weight excluding hydrogens is 184 g/mol. The van der Waals surface area contributed by atoms with E-state index in [2.05, 4.69) is 27.7 Å². The molecule has 0 aliphatic heterocycles. The van der Waals surface area contributed by atoms with Crippen molar-refractivity contribution in [1.29, 1.82) is 0 Å². The van der Waals surface area contributed by atoms with Gasteiger partial charge in [-0.25, -0.2) is 0 Å². The summed E-state index contributed by atoms with van der Waals surface area (Å²) in [6, 6.07) is 0. The Morgan fingerprint density at radius 2 is 1.85 bits per heavy atom. The quantitative estimate of drug-likeness (QED) is 0.722. The van der Waals surface area contributed by atoms with Crippen molar-refractivity contribution in [2.45, 2.75) is 51.0 Å². The third-order valence-electron chi connectivity index (χ3n) is 2.15. The molecule has 0 aliphatic rings. The lowest BCUT2D eigenvalue weighted by Crippen LogP contribution is -2.12. The molecule has 0 aliphatic carbocycles. The minimum atomic E-state index is -0.690. The fraction of sp³-hybridized carbons (Fsp3) is 0.900. The number of rotatable bonds is 6. The van der Waals surface area contributed by atoms with Crippen molar-refractivity contribution in [2.75, 3.05) is 0 Å². The molecule has 0 saturated carbocycles. The maximum atomic E-state index is 10.3. The molecule has 0 aromatic carbocycles. The van der Waals surface area contributed by atoms with E-state index in [-0.39, 0.29) is 0 Å². The summed E-state index contributed by atoms with van der Waals surface area (Å²) in [5.41, 5.74) is 0.